The van der Waals surface area contributed by atoms with Crippen LogP contribution in [0.5, 0.6) is 0 Å². The van der Waals surface area contributed by atoms with Gasteiger partial charge in [0.1, 0.15) is 0 Å². The normalized spacial score (nSPS) is 28.7. The first-order valence-electron chi connectivity index (χ1n) is 7.17. The van der Waals surface area contributed by atoms with Crippen molar-refractivity contribution in [1.29, 1.82) is 0 Å². The van der Waals surface area contributed by atoms with E-state index in [4.69, 9.17) is 5.73 Å². The minimum Gasteiger partial charge on any atom is -0.355 e. The van der Waals surface area contributed by atoms with Gasteiger partial charge in [0.2, 0.25) is 5.91 Å². The van der Waals surface area contributed by atoms with Crippen LogP contribution in [0.1, 0.15) is 40.0 Å². The van der Waals surface area contributed by atoms with Crippen molar-refractivity contribution in [2.45, 2.75) is 52.1 Å². The van der Waals surface area contributed by atoms with Gasteiger partial charge in [-0.1, -0.05) is 13.3 Å². The number of carbonyl (C=O) groups is 1. The second-order valence-corrected chi connectivity index (χ2v) is 5.96. The van der Waals surface area contributed by atoms with Gasteiger partial charge in [0.05, 0.1) is 5.92 Å². The maximum atomic E-state index is 12.1. The predicted octanol–water partition coefficient (Wildman–Crippen LogP) is 1.21. The first-order chi connectivity index (χ1) is 8.43. The fourth-order valence-electron chi connectivity index (χ4n) is 2.49. The number of hydrogen-bond acceptors (Lipinski definition) is 3. The minimum absolute atomic E-state index is 0.0121. The van der Waals surface area contributed by atoms with Crippen LogP contribution in [-0.2, 0) is 4.79 Å². The van der Waals surface area contributed by atoms with Crippen molar-refractivity contribution in [3.8, 4) is 0 Å². The van der Waals surface area contributed by atoms with Crippen LogP contribution in [0.25, 0.3) is 0 Å². The van der Waals surface area contributed by atoms with Gasteiger partial charge in [0, 0.05) is 25.2 Å². The summed E-state index contributed by atoms with van der Waals surface area (Å²) in [7, 11) is 2.07. The molecule has 1 saturated carbocycles. The van der Waals surface area contributed by atoms with Gasteiger partial charge < -0.3 is 16.0 Å². The maximum absolute atomic E-state index is 12.1. The highest BCUT2D eigenvalue weighted by Gasteiger charge is 2.32. The average molecular weight is 255 g/mol. The number of nitrogens with two attached hydrogens (primary N) is 1. The first kappa shape index (κ1) is 15.4. The topological polar surface area (TPSA) is 58.4 Å². The molecule has 1 amide bonds. The molecule has 0 aromatic rings. The van der Waals surface area contributed by atoms with Gasteiger partial charge in [0.25, 0.3) is 0 Å². The van der Waals surface area contributed by atoms with Crippen molar-refractivity contribution in [3.05, 3.63) is 0 Å². The Morgan fingerprint density at radius 3 is 2.72 bits per heavy atom. The Balaban J connectivity index is 2.32. The molecule has 0 radical (unpaired) electrons. The maximum Gasteiger partial charge on any atom is 0.224 e. The van der Waals surface area contributed by atoms with E-state index in [2.05, 4.69) is 38.0 Å². The summed E-state index contributed by atoms with van der Waals surface area (Å²) in [5.41, 5.74) is 6.13. The Morgan fingerprint density at radius 1 is 1.44 bits per heavy atom. The third-order valence-electron chi connectivity index (χ3n) is 4.28. The van der Waals surface area contributed by atoms with Crippen molar-refractivity contribution < 1.29 is 4.79 Å². The van der Waals surface area contributed by atoms with Crippen LogP contribution >= 0.6 is 0 Å². The lowest BCUT2D eigenvalue weighted by Gasteiger charge is -2.33. The van der Waals surface area contributed by atoms with E-state index < -0.39 is 0 Å². The van der Waals surface area contributed by atoms with Gasteiger partial charge in [-0.05, 0) is 39.7 Å². The van der Waals surface area contributed by atoms with E-state index >= 15 is 0 Å². The molecule has 0 aliphatic heterocycles. The van der Waals surface area contributed by atoms with E-state index in [9.17, 15) is 4.79 Å². The first-order valence-corrected chi connectivity index (χ1v) is 7.17. The molecule has 4 heteroatoms. The molecule has 106 valence electrons. The summed E-state index contributed by atoms with van der Waals surface area (Å²) in [6, 6.07) is 0.542. The summed E-state index contributed by atoms with van der Waals surface area (Å²) in [5, 5.41) is 3.03. The SMILES string of the molecule is CC1CCCC(C(=O)NCCN(C)C(C)C)C1N. The zero-order valence-electron chi connectivity index (χ0n) is 12.3. The molecule has 4 nitrogen and oxygen atoms in total. The van der Waals surface area contributed by atoms with Crippen LogP contribution in [0, 0.1) is 11.8 Å². The van der Waals surface area contributed by atoms with Crippen LogP contribution in [0.4, 0.5) is 0 Å². The number of nitrogens with zero attached hydrogens (tertiary/aromatic N) is 1. The Labute approximate surface area is 111 Å². The molecule has 1 aliphatic rings. The van der Waals surface area contributed by atoms with Crippen LogP contribution in [0.3, 0.4) is 0 Å². The summed E-state index contributed by atoms with van der Waals surface area (Å²) < 4.78 is 0. The Kier molecular flexibility index (Phi) is 6.09. The molecule has 3 N–H and O–H groups in total. The fraction of sp³-hybridized carbons (Fsp3) is 0.929. The van der Waals surface area contributed by atoms with E-state index in [1.165, 1.54) is 0 Å². The predicted molar refractivity (Wildman–Crippen MR) is 75.3 cm³/mol. The highest BCUT2D eigenvalue weighted by Crippen LogP contribution is 2.27. The quantitative estimate of drug-likeness (QED) is 0.776. The molecular weight excluding hydrogens is 226 g/mol. The molecule has 0 heterocycles. The van der Waals surface area contributed by atoms with Crippen LogP contribution in [0.2, 0.25) is 0 Å². The lowest BCUT2D eigenvalue weighted by atomic mass is 9.78. The minimum atomic E-state index is 0.0121. The number of hydrogen-bond donors (Lipinski definition) is 2. The van der Waals surface area contributed by atoms with Crippen LogP contribution < -0.4 is 11.1 Å². The van der Waals surface area contributed by atoms with E-state index in [0.717, 1.165) is 25.8 Å². The Morgan fingerprint density at radius 2 is 2.11 bits per heavy atom. The summed E-state index contributed by atoms with van der Waals surface area (Å²) in [6.07, 6.45) is 3.22. The highest BCUT2D eigenvalue weighted by molar-refractivity contribution is 5.79. The highest BCUT2D eigenvalue weighted by atomic mass is 16.1. The average Bonchev–Trinajstić information content (AvgIpc) is 2.32. The number of likely N-dealkylation sites (N-methyl/N-ethyl adjacent to an activating group) is 1. The van der Waals surface area contributed by atoms with Gasteiger partial charge in [0.15, 0.2) is 0 Å². The zero-order valence-corrected chi connectivity index (χ0v) is 12.3. The largest absolute Gasteiger partial charge is 0.355 e. The van der Waals surface area contributed by atoms with E-state index in [1.54, 1.807) is 0 Å². The smallest absolute Gasteiger partial charge is 0.224 e. The molecule has 1 fully saturated rings. The van der Waals surface area contributed by atoms with Gasteiger partial charge in [-0.3, -0.25) is 4.79 Å². The molecule has 3 unspecified atom stereocenters. The monoisotopic (exact) mass is 255 g/mol. The molecule has 0 saturated heterocycles. The third kappa shape index (κ3) is 4.25. The number of rotatable bonds is 5. The molecule has 1 rings (SSSR count). The molecular formula is C14H29N3O. The lowest BCUT2D eigenvalue weighted by Crippen LogP contribution is -2.48. The van der Waals surface area contributed by atoms with E-state index in [-0.39, 0.29) is 17.9 Å². The van der Waals surface area contributed by atoms with E-state index in [1.807, 2.05) is 0 Å². The summed E-state index contributed by atoms with van der Waals surface area (Å²) in [6.45, 7) is 8.06. The van der Waals surface area contributed by atoms with Gasteiger partial charge in [-0.2, -0.15) is 0 Å². The summed E-state index contributed by atoms with van der Waals surface area (Å²) >= 11 is 0. The Hall–Kier alpha value is -0.610. The standard InChI is InChI=1S/C14H29N3O/c1-10(2)17(4)9-8-16-14(18)12-7-5-6-11(3)13(12)15/h10-13H,5-9,15H2,1-4H3,(H,16,18). The number of carbonyl (C=O) groups excluding carboxylic acids is 1. The van der Waals surface area contributed by atoms with Gasteiger partial charge in [-0.15, -0.1) is 0 Å². The molecule has 0 bridgehead atoms. The molecule has 1 aliphatic carbocycles. The molecule has 0 spiro atoms. The van der Waals surface area contributed by atoms with Crippen molar-refractivity contribution in [2.75, 3.05) is 20.1 Å². The fourth-order valence-corrected chi connectivity index (χ4v) is 2.49. The summed E-state index contributed by atoms with van der Waals surface area (Å²) in [5.74, 6) is 0.622. The molecule has 0 aromatic carbocycles. The van der Waals surface area contributed by atoms with Crippen LogP contribution in [-0.4, -0.2) is 43.0 Å². The molecule has 18 heavy (non-hydrogen) atoms. The third-order valence-corrected chi connectivity index (χ3v) is 4.28. The van der Waals surface area contributed by atoms with Crippen molar-refractivity contribution in [1.82, 2.24) is 10.2 Å². The van der Waals surface area contributed by atoms with Crippen molar-refractivity contribution in [3.63, 3.8) is 0 Å². The lowest BCUT2D eigenvalue weighted by molar-refractivity contribution is -0.127. The number of amides is 1. The van der Waals surface area contributed by atoms with Gasteiger partial charge >= 0.3 is 0 Å². The molecule has 3 atom stereocenters. The number of nitrogens with one attached hydrogen (secondary N) is 1. The van der Waals surface area contributed by atoms with Crippen LogP contribution in [0.15, 0.2) is 0 Å². The second-order valence-electron chi connectivity index (χ2n) is 5.96. The Bertz CT molecular complexity index is 268. The van der Waals surface area contributed by atoms with Gasteiger partial charge in [-0.25, -0.2) is 0 Å². The second kappa shape index (κ2) is 7.10. The van der Waals surface area contributed by atoms with Crippen molar-refractivity contribution in [2.24, 2.45) is 17.6 Å². The molecule has 0 aromatic heterocycles. The van der Waals surface area contributed by atoms with Crippen molar-refractivity contribution >= 4 is 5.91 Å². The zero-order chi connectivity index (χ0) is 13.7. The van der Waals surface area contributed by atoms with E-state index in [0.29, 0.717) is 18.5 Å². The summed E-state index contributed by atoms with van der Waals surface area (Å²) in [4.78, 5) is 14.3.